The lowest BCUT2D eigenvalue weighted by atomic mass is 10.0. The molecule has 0 unspecified atom stereocenters. The molecule has 3 rings (SSSR count). The molecule has 1 heterocycles. The predicted molar refractivity (Wildman–Crippen MR) is 68.6 cm³/mol. The number of aromatic nitrogens is 1. The Bertz CT molecular complexity index is 666. The lowest BCUT2D eigenvalue weighted by Crippen LogP contribution is -1.91. The van der Waals surface area contributed by atoms with Crippen molar-refractivity contribution in [3.05, 3.63) is 54.1 Å². The van der Waals surface area contributed by atoms with E-state index in [9.17, 15) is 0 Å². The van der Waals surface area contributed by atoms with E-state index in [-0.39, 0.29) is 0 Å². The smallest absolute Gasteiger partial charge is 0.0747 e. The Kier molecular flexibility index (Phi) is 2.22. The maximum atomic E-state index is 8.79. The van der Waals surface area contributed by atoms with Gasteiger partial charge in [0, 0.05) is 16.3 Å². The number of para-hydroxylation sites is 2. The quantitative estimate of drug-likeness (QED) is 0.297. The van der Waals surface area contributed by atoms with Gasteiger partial charge in [-0.1, -0.05) is 41.6 Å². The maximum absolute atomic E-state index is 8.79. The van der Waals surface area contributed by atoms with E-state index in [1.165, 1.54) is 6.21 Å². The molecular weight excluding hydrogens is 212 g/mol. The molecule has 3 aromatic rings. The molecule has 3 heteroatoms. The van der Waals surface area contributed by atoms with Crippen molar-refractivity contribution in [1.29, 1.82) is 0 Å². The van der Waals surface area contributed by atoms with Crippen LogP contribution in [0.2, 0.25) is 0 Å². The Labute approximate surface area is 98.0 Å². The van der Waals surface area contributed by atoms with Gasteiger partial charge in [-0.3, -0.25) is 0 Å². The molecule has 1 aromatic heterocycles. The van der Waals surface area contributed by atoms with Crippen LogP contribution in [0.15, 0.2) is 53.7 Å². The first-order chi connectivity index (χ1) is 8.40. The van der Waals surface area contributed by atoms with Crippen molar-refractivity contribution >= 4 is 28.0 Å². The van der Waals surface area contributed by atoms with Gasteiger partial charge in [0.25, 0.3) is 0 Å². The fourth-order valence-corrected chi connectivity index (χ4v) is 2.07. The summed E-state index contributed by atoms with van der Waals surface area (Å²) in [6.07, 6.45) is 1.46. The molecule has 0 amide bonds. The molecule has 0 aliphatic heterocycles. The van der Waals surface area contributed by atoms with Gasteiger partial charge in [0.05, 0.1) is 17.2 Å². The van der Waals surface area contributed by atoms with Crippen molar-refractivity contribution < 1.29 is 5.21 Å². The molecule has 82 valence electrons. The van der Waals surface area contributed by atoms with Crippen LogP contribution in [0.4, 0.5) is 0 Å². The van der Waals surface area contributed by atoms with E-state index < -0.39 is 0 Å². The second-order valence-corrected chi connectivity index (χ2v) is 3.80. The highest BCUT2D eigenvalue weighted by Crippen LogP contribution is 2.24. The molecule has 0 fully saturated rings. The Morgan fingerprint density at radius 2 is 1.41 bits per heavy atom. The molecule has 3 nitrogen and oxygen atoms in total. The van der Waals surface area contributed by atoms with Gasteiger partial charge < -0.3 is 5.21 Å². The highest BCUT2D eigenvalue weighted by molar-refractivity contribution is 6.10. The first kappa shape index (κ1) is 9.78. The van der Waals surface area contributed by atoms with Crippen LogP contribution < -0.4 is 0 Å². The number of fused-ring (bicyclic) bond motifs is 2. The minimum Gasteiger partial charge on any atom is -0.411 e. The van der Waals surface area contributed by atoms with Gasteiger partial charge in [-0.15, -0.1) is 0 Å². The first-order valence-electron chi connectivity index (χ1n) is 5.35. The van der Waals surface area contributed by atoms with Crippen LogP contribution in [-0.4, -0.2) is 16.4 Å². The molecule has 0 saturated heterocycles. The minimum atomic E-state index is 0.897. The lowest BCUT2D eigenvalue weighted by molar-refractivity contribution is 0.322. The fraction of sp³-hybridized carbons (Fsp3) is 0. The number of benzene rings is 2. The molecular formula is C14H10N2O. The number of oxime groups is 1. The molecule has 0 radical (unpaired) electrons. The highest BCUT2D eigenvalue weighted by Gasteiger charge is 2.06. The Hall–Kier alpha value is -2.42. The highest BCUT2D eigenvalue weighted by atomic mass is 16.4. The normalized spacial score (nSPS) is 11.5. The molecule has 0 atom stereocenters. The maximum Gasteiger partial charge on any atom is 0.0747 e. The first-order valence-corrected chi connectivity index (χ1v) is 5.35. The van der Waals surface area contributed by atoms with Gasteiger partial charge in [0.2, 0.25) is 0 Å². The van der Waals surface area contributed by atoms with E-state index in [1.807, 2.05) is 48.5 Å². The van der Waals surface area contributed by atoms with Crippen molar-refractivity contribution in [1.82, 2.24) is 4.98 Å². The Morgan fingerprint density at radius 1 is 0.882 bits per heavy atom. The van der Waals surface area contributed by atoms with Gasteiger partial charge in [-0.2, -0.15) is 0 Å². The van der Waals surface area contributed by atoms with E-state index in [1.54, 1.807) is 0 Å². The molecule has 0 bridgehead atoms. The van der Waals surface area contributed by atoms with E-state index in [0.717, 1.165) is 27.4 Å². The number of pyridine rings is 1. The van der Waals surface area contributed by atoms with E-state index in [0.29, 0.717) is 0 Å². The van der Waals surface area contributed by atoms with Crippen molar-refractivity contribution in [2.75, 3.05) is 0 Å². The third-order valence-corrected chi connectivity index (χ3v) is 2.82. The van der Waals surface area contributed by atoms with Crippen molar-refractivity contribution in [2.45, 2.75) is 0 Å². The summed E-state index contributed by atoms with van der Waals surface area (Å²) in [4.78, 5) is 4.58. The molecule has 0 saturated carbocycles. The van der Waals surface area contributed by atoms with Crippen LogP contribution in [-0.2, 0) is 0 Å². The molecule has 0 aliphatic rings. The van der Waals surface area contributed by atoms with Crippen LogP contribution in [0.1, 0.15) is 5.56 Å². The summed E-state index contributed by atoms with van der Waals surface area (Å²) < 4.78 is 0. The average molecular weight is 222 g/mol. The molecule has 0 spiro atoms. The SMILES string of the molecule is ON=Cc1c2ccccc2nc2ccccc12. The number of nitrogens with zero attached hydrogens (tertiary/aromatic N) is 2. The largest absolute Gasteiger partial charge is 0.411 e. The van der Waals surface area contributed by atoms with Gasteiger partial charge >= 0.3 is 0 Å². The second kappa shape index (κ2) is 3.87. The van der Waals surface area contributed by atoms with Gasteiger partial charge in [-0.25, -0.2) is 4.98 Å². The average Bonchev–Trinajstić information content (AvgIpc) is 2.39. The van der Waals surface area contributed by atoms with E-state index >= 15 is 0 Å². The summed E-state index contributed by atoms with van der Waals surface area (Å²) in [5.41, 5.74) is 2.70. The number of rotatable bonds is 1. The summed E-state index contributed by atoms with van der Waals surface area (Å²) in [6, 6.07) is 15.7. The summed E-state index contributed by atoms with van der Waals surface area (Å²) in [5, 5.41) is 13.9. The van der Waals surface area contributed by atoms with Crippen molar-refractivity contribution in [3.63, 3.8) is 0 Å². The fourth-order valence-electron chi connectivity index (χ4n) is 2.07. The summed E-state index contributed by atoms with van der Waals surface area (Å²) >= 11 is 0. The minimum absolute atomic E-state index is 0.897. The van der Waals surface area contributed by atoms with E-state index in [2.05, 4.69) is 10.1 Å². The zero-order valence-electron chi connectivity index (χ0n) is 9.04. The zero-order valence-corrected chi connectivity index (χ0v) is 9.04. The van der Waals surface area contributed by atoms with Crippen LogP contribution in [0, 0.1) is 0 Å². The van der Waals surface area contributed by atoms with Crippen molar-refractivity contribution in [3.8, 4) is 0 Å². The summed E-state index contributed by atoms with van der Waals surface area (Å²) in [7, 11) is 0. The third-order valence-electron chi connectivity index (χ3n) is 2.82. The van der Waals surface area contributed by atoms with Gasteiger partial charge in [0.15, 0.2) is 0 Å². The molecule has 1 N–H and O–H groups in total. The van der Waals surface area contributed by atoms with Crippen LogP contribution in [0.5, 0.6) is 0 Å². The topological polar surface area (TPSA) is 45.5 Å². The Balaban J connectivity index is 2.56. The van der Waals surface area contributed by atoms with Gasteiger partial charge in [-0.05, 0) is 12.1 Å². The Morgan fingerprint density at radius 3 is 1.94 bits per heavy atom. The van der Waals surface area contributed by atoms with Gasteiger partial charge in [0.1, 0.15) is 0 Å². The standard InChI is InChI=1S/C14H10N2O/c17-15-9-12-10-5-1-3-7-13(10)16-14-8-4-2-6-11(12)14/h1-9,17H. The second-order valence-electron chi connectivity index (χ2n) is 3.80. The number of hydrogen-bond acceptors (Lipinski definition) is 3. The summed E-state index contributed by atoms with van der Waals surface area (Å²) in [6.45, 7) is 0. The monoisotopic (exact) mass is 222 g/mol. The summed E-state index contributed by atoms with van der Waals surface area (Å²) in [5.74, 6) is 0. The molecule has 2 aromatic carbocycles. The lowest BCUT2D eigenvalue weighted by Gasteiger charge is -2.05. The van der Waals surface area contributed by atoms with Crippen molar-refractivity contribution in [2.24, 2.45) is 5.16 Å². The zero-order chi connectivity index (χ0) is 11.7. The van der Waals surface area contributed by atoms with E-state index in [4.69, 9.17) is 5.21 Å². The third kappa shape index (κ3) is 1.52. The van der Waals surface area contributed by atoms with Crippen LogP contribution >= 0.6 is 0 Å². The predicted octanol–water partition coefficient (Wildman–Crippen LogP) is 3.20. The molecule has 0 aliphatic carbocycles. The van der Waals surface area contributed by atoms with Crippen LogP contribution in [0.25, 0.3) is 21.8 Å². The molecule has 17 heavy (non-hydrogen) atoms. The number of hydrogen-bond donors (Lipinski definition) is 1. The van der Waals surface area contributed by atoms with Crippen LogP contribution in [0.3, 0.4) is 0 Å².